The molecule has 0 spiro atoms. The maximum absolute atomic E-state index is 13.2. The predicted octanol–water partition coefficient (Wildman–Crippen LogP) is 9.50. The Morgan fingerprint density at radius 3 is 2.50 bits per heavy atom. The number of methoxy groups -OCH3 is 1. The fourth-order valence-corrected chi connectivity index (χ4v) is 8.90. The van der Waals surface area contributed by atoms with Crippen molar-refractivity contribution in [1.82, 2.24) is 14.5 Å². The third-order valence-electron chi connectivity index (χ3n) is 11.2. The molecule has 288 valence electrons. The fraction of sp³-hybridized carbons (Fsp3) is 0.488. The lowest BCUT2D eigenvalue weighted by molar-refractivity contribution is 0.0601. The van der Waals surface area contributed by atoms with Gasteiger partial charge in [-0.15, -0.1) is 0 Å². The summed E-state index contributed by atoms with van der Waals surface area (Å²) in [5, 5.41) is 1.78. The van der Waals surface area contributed by atoms with Crippen LogP contribution in [0, 0.1) is 5.41 Å². The number of ether oxygens (including phenoxy) is 3. The number of anilines is 3. The van der Waals surface area contributed by atoms with Gasteiger partial charge in [0.1, 0.15) is 18.1 Å². The number of nitrogens with zero attached hydrogens (tertiary/aromatic N) is 5. The van der Waals surface area contributed by atoms with E-state index in [9.17, 15) is 4.79 Å². The summed E-state index contributed by atoms with van der Waals surface area (Å²) in [5.41, 5.74) is 8.77. The first-order valence-electron chi connectivity index (χ1n) is 19.5. The molecule has 9 nitrogen and oxygen atoms in total. The van der Waals surface area contributed by atoms with E-state index in [-0.39, 0.29) is 5.97 Å². The van der Waals surface area contributed by atoms with Crippen molar-refractivity contribution in [3.05, 3.63) is 82.5 Å². The minimum atomic E-state index is -1.18. The quantitative estimate of drug-likeness (QED) is 0.0849. The van der Waals surface area contributed by atoms with Crippen molar-refractivity contribution in [1.29, 1.82) is 0 Å². The highest BCUT2D eigenvalue weighted by Gasteiger charge is 2.31. The number of benzene rings is 2. The second kappa shape index (κ2) is 16.1. The van der Waals surface area contributed by atoms with Crippen LogP contribution in [-0.2, 0) is 16.2 Å². The summed E-state index contributed by atoms with van der Waals surface area (Å²) in [6.45, 7) is 19.0. The molecule has 54 heavy (non-hydrogen) atoms. The Hall–Kier alpha value is -3.83. The molecule has 2 aromatic carbocycles. The molecule has 0 saturated carbocycles. The van der Waals surface area contributed by atoms with Crippen LogP contribution in [0.2, 0.25) is 30.7 Å². The number of rotatable bonds is 11. The third-order valence-corrected chi connectivity index (χ3v) is 13.1. The van der Waals surface area contributed by atoms with Crippen LogP contribution in [0.25, 0.3) is 16.6 Å². The van der Waals surface area contributed by atoms with Crippen LogP contribution >= 0.6 is 11.6 Å². The lowest BCUT2D eigenvalue weighted by atomic mass is 9.73. The number of hydrogen-bond donors (Lipinski definition) is 0. The molecule has 2 aromatic heterocycles. The van der Waals surface area contributed by atoms with Gasteiger partial charge in [0.15, 0.2) is 0 Å². The van der Waals surface area contributed by atoms with E-state index in [4.69, 9.17) is 30.8 Å². The number of fused-ring (bicyclic) bond motifs is 2. The summed E-state index contributed by atoms with van der Waals surface area (Å²) < 4.78 is 19.7. The average Bonchev–Trinajstić information content (AvgIpc) is 3.42. The largest absolute Gasteiger partial charge is 0.476 e. The van der Waals surface area contributed by atoms with Crippen molar-refractivity contribution < 1.29 is 19.0 Å². The van der Waals surface area contributed by atoms with Crippen molar-refractivity contribution in [2.75, 3.05) is 69.4 Å². The average molecular weight is 770 g/mol. The molecule has 0 amide bonds. The highest BCUT2D eigenvalue weighted by atomic mass is 35.5. The van der Waals surface area contributed by atoms with Crippen molar-refractivity contribution in [2.24, 2.45) is 5.41 Å². The Balaban J connectivity index is 1.11. The number of pyridine rings is 1. The van der Waals surface area contributed by atoms with Crippen molar-refractivity contribution in [3.8, 4) is 5.88 Å². The van der Waals surface area contributed by atoms with Crippen LogP contribution in [0.3, 0.4) is 0 Å². The molecule has 2 aliphatic heterocycles. The maximum Gasteiger partial charge on any atom is 0.339 e. The van der Waals surface area contributed by atoms with E-state index < -0.39 is 8.07 Å². The Labute approximate surface area is 326 Å². The second-order valence-corrected chi connectivity index (χ2v) is 23.2. The summed E-state index contributed by atoms with van der Waals surface area (Å²) in [7, 11) is 0.266. The van der Waals surface area contributed by atoms with E-state index in [2.05, 4.69) is 84.6 Å². The van der Waals surface area contributed by atoms with E-state index in [0.717, 1.165) is 97.8 Å². The van der Waals surface area contributed by atoms with E-state index in [1.807, 2.05) is 29.0 Å². The van der Waals surface area contributed by atoms with Gasteiger partial charge in [0.2, 0.25) is 5.88 Å². The monoisotopic (exact) mass is 769 g/mol. The van der Waals surface area contributed by atoms with Gasteiger partial charge in [-0.1, -0.05) is 62.8 Å². The first-order chi connectivity index (χ1) is 25.9. The molecule has 11 heteroatoms. The molecule has 0 radical (unpaired) electrons. The van der Waals surface area contributed by atoms with Gasteiger partial charge in [0, 0.05) is 76.2 Å². The third kappa shape index (κ3) is 8.83. The van der Waals surface area contributed by atoms with Gasteiger partial charge in [-0.3, -0.25) is 4.90 Å². The van der Waals surface area contributed by atoms with E-state index in [1.54, 1.807) is 5.57 Å². The standard InChI is InChI=1S/C43H56ClN5O4Si/c1-43(2)16-14-36(31-8-10-34(44)11-9-31)33(28-43)29-46-19-21-47(22-20-46)35-12-13-37(42(50)51-3)38(27-35)49-17-7-23-53-41-39(49)26-32-15-18-48(40(32)45-41)30-52-24-25-54(4,5)6/h8-13,15,18,26-27H,7,14,16-17,19-25,28-30H2,1-6H3. The van der Waals surface area contributed by atoms with Crippen LogP contribution in [-0.4, -0.2) is 88.1 Å². The van der Waals surface area contributed by atoms with Gasteiger partial charge in [-0.2, -0.15) is 4.98 Å². The van der Waals surface area contributed by atoms with Crippen LogP contribution in [0.4, 0.5) is 17.1 Å². The number of aromatic nitrogens is 2. The summed E-state index contributed by atoms with van der Waals surface area (Å²) in [6.07, 6.45) is 6.23. The minimum absolute atomic E-state index is 0.300. The van der Waals surface area contributed by atoms with Gasteiger partial charge < -0.3 is 28.6 Å². The zero-order valence-corrected chi connectivity index (χ0v) is 34.7. The number of halogens is 1. The summed E-state index contributed by atoms with van der Waals surface area (Å²) >= 11 is 6.25. The predicted molar refractivity (Wildman–Crippen MR) is 223 cm³/mol. The van der Waals surface area contributed by atoms with Gasteiger partial charge >= 0.3 is 5.97 Å². The summed E-state index contributed by atoms with van der Waals surface area (Å²) in [6, 6.07) is 19.8. The SMILES string of the molecule is COC(=O)c1ccc(N2CCN(CC3=C(c4ccc(Cl)cc4)CCC(C)(C)C3)CC2)cc1N1CCCOc2nc3c(ccn3COCC[Si](C)(C)C)cc21. The number of piperazine rings is 1. The molecule has 3 aliphatic rings. The first kappa shape index (κ1) is 38.4. The van der Waals surface area contributed by atoms with Crippen LogP contribution in [0.5, 0.6) is 5.88 Å². The Kier molecular flexibility index (Phi) is 11.5. The second-order valence-electron chi connectivity index (χ2n) is 17.1. The lowest BCUT2D eigenvalue weighted by Crippen LogP contribution is -2.47. The van der Waals surface area contributed by atoms with E-state index >= 15 is 0 Å². The molecule has 1 saturated heterocycles. The van der Waals surface area contributed by atoms with E-state index in [0.29, 0.717) is 36.7 Å². The van der Waals surface area contributed by atoms with E-state index in [1.165, 1.54) is 24.7 Å². The highest BCUT2D eigenvalue weighted by Crippen LogP contribution is 2.44. The van der Waals surface area contributed by atoms with Crippen LogP contribution in [0.15, 0.2) is 66.4 Å². The molecule has 1 fully saturated rings. The zero-order valence-electron chi connectivity index (χ0n) is 32.9. The maximum atomic E-state index is 13.2. The van der Waals surface area contributed by atoms with Gasteiger partial charge in [-0.05, 0) is 90.7 Å². The van der Waals surface area contributed by atoms with Gasteiger partial charge in [0.05, 0.1) is 25.0 Å². The molecule has 0 atom stereocenters. The van der Waals surface area contributed by atoms with Crippen LogP contribution in [0.1, 0.15) is 55.5 Å². The Morgan fingerprint density at radius 1 is 0.981 bits per heavy atom. The smallest absolute Gasteiger partial charge is 0.339 e. The van der Waals surface area contributed by atoms with Crippen molar-refractivity contribution >= 4 is 59.3 Å². The zero-order chi connectivity index (χ0) is 38.0. The minimum Gasteiger partial charge on any atom is -0.476 e. The van der Waals surface area contributed by atoms with Crippen molar-refractivity contribution in [2.45, 2.75) is 71.9 Å². The number of carbonyl (C=O) groups excluding carboxylic acids is 1. The van der Waals surface area contributed by atoms with Crippen LogP contribution < -0.4 is 14.5 Å². The van der Waals surface area contributed by atoms with Gasteiger partial charge in [0.25, 0.3) is 0 Å². The molecule has 1 aliphatic carbocycles. The molecule has 7 rings (SSSR count). The molecule has 0 unspecified atom stereocenters. The number of esters is 1. The number of carbonyl (C=O) groups is 1. The molecule has 4 aromatic rings. The molecule has 0 N–H and O–H groups in total. The highest BCUT2D eigenvalue weighted by molar-refractivity contribution is 6.76. The Morgan fingerprint density at radius 2 is 1.76 bits per heavy atom. The number of hydrogen-bond acceptors (Lipinski definition) is 8. The Bertz CT molecular complexity index is 2000. The number of allylic oxidation sites excluding steroid dienone is 1. The molecular formula is C43H56ClN5O4Si. The normalized spacial score (nSPS) is 18.1. The van der Waals surface area contributed by atoms with Gasteiger partial charge in [-0.25, -0.2) is 4.79 Å². The molecule has 4 heterocycles. The molecule has 0 bridgehead atoms. The summed E-state index contributed by atoms with van der Waals surface area (Å²) in [4.78, 5) is 25.5. The molecular weight excluding hydrogens is 714 g/mol. The topological polar surface area (TPSA) is 72.3 Å². The summed E-state index contributed by atoms with van der Waals surface area (Å²) in [5.74, 6) is 0.207. The fourth-order valence-electron chi connectivity index (χ4n) is 8.01. The lowest BCUT2D eigenvalue weighted by Gasteiger charge is -2.40. The first-order valence-corrected chi connectivity index (χ1v) is 23.6. The van der Waals surface area contributed by atoms with Crippen molar-refractivity contribution in [3.63, 3.8) is 0 Å².